The molecule has 6 nitrogen and oxygen atoms in total. The monoisotopic (exact) mass is 507 g/mol. The lowest BCUT2D eigenvalue weighted by atomic mass is 9.45. The average molecular weight is 508 g/mol. The van der Waals surface area contributed by atoms with Crippen LogP contribution >= 0.6 is 24.0 Å². The molecule has 5 aliphatic rings. The second kappa shape index (κ2) is 8.94. The van der Waals surface area contributed by atoms with Gasteiger partial charge in [0.2, 0.25) is 0 Å². The number of rotatable bonds is 3. The summed E-state index contributed by atoms with van der Waals surface area (Å²) in [5.41, 5.74) is -1.04. The molecule has 1 heterocycles. The van der Waals surface area contributed by atoms with Gasteiger partial charge in [-0.15, -0.1) is 0 Å². The van der Waals surface area contributed by atoms with Gasteiger partial charge in [-0.1, -0.05) is 43.4 Å². The molecule has 0 unspecified atom stereocenters. The molecule has 8 heteroatoms. The highest BCUT2D eigenvalue weighted by Gasteiger charge is 2.68. The fourth-order valence-corrected chi connectivity index (χ4v) is 9.45. The first-order valence-corrected chi connectivity index (χ1v) is 14.2. The Morgan fingerprint density at radius 3 is 2.71 bits per heavy atom. The van der Waals surface area contributed by atoms with Crippen molar-refractivity contribution in [3.05, 3.63) is 11.6 Å². The quantitative estimate of drug-likeness (QED) is 0.564. The van der Waals surface area contributed by atoms with Crippen molar-refractivity contribution >= 4 is 39.9 Å². The Morgan fingerprint density at radius 1 is 1.24 bits per heavy atom. The minimum absolute atomic E-state index is 0.0828. The molecule has 3 saturated carbocycles. The first-order valence-electron chi connectivity index (χ1n) is 12.8. The second-order valence-electron chi connectivity index (χ2n) is 11.6. The van der Waals surface area contributed by atoms with E-state index in [-0.39, 0.29) is 40.5 Å². The molecular formula is C26H37NO5S2. The predicted octanol–water partition coefficient (Wildman–Crippen LogP) is 3.14. The Morgan fingerprint density at radius 2 is 1.97 bits per heavy atom. The third-order valence-electron chi connectivity index (χ3n) is 10.1. The average Bonchev–Trinajstić information content (AvgIpc) is 3.09. The van der Waals surface area contributed by atoms with Crippen molar-refractivity contribution in [3.8, 4) is 0 Å². The Balaban J connectivity index is 1.34. The van der Waals surface area contributed by atoms with Crippen LogP contribution < -0.4 is 0 Å². The molecule has 7 atom stereocenters. The molecule has 0 amide bonds. The highest BCUT2D eigenvalue weighted by Crippen LogP contribution is 2.67. The molecule has 4 fully saturated rings. The molecule has 0 bridgehead atoms. The largest absolute Gasteiger partial charge is 0.393 e. The van der Waals surface area contributed by atoms with E-state index in [1.165, 1.54) is 17.3 Å². The molecule has 0 aromatic rings. The van der Waals surface area contributed by atoms with Crippen molar-refractivity contribution in [1.29, 1.82) is 0 Å². The molecule has 34 heavy (non-hydrogen) atoms. The fraction of sp³-hybridized carbons (Fsp3) is 0.808. The first-order chi connectivity index (χ1) is 16.1. The van der Waals surface area contributed by atoms with E-state index in [0.29, 0.717) is 36.8 Å². The normalized spacial score (nSPS) is 44.1. The van der Waals surface area contributed by atoms with Gasteiger partial charge in [-0.25, -0.2) is 0 Å². The summed E-state index contributed by atoms with van der Waals surface area (Å²) in [5, 5.41) is 23.4. The van der Waals surface area contributed by atoms with Crippen LogP contribution in [0.3, 0.4) is 0 Å². The zero-order valence-corrected chi connectivity index (χ0v) is 21.9. The van der Waals surface area contributed by atoms with Gasteiger partial charge in [0.1, 0.15) is 9.92 Å². The number of Topliss-reactive ketones (excluding diaryl/α,β-unsaturated/α-hetero) is 1. The van der Waals surface area contributed by atoms with Crippen LogP contribution in [0.5, 0.6) is 0 Å². The Bertz CT molecular complexity index is 917. The lowest BCUT2D eigenvalue weighted by molar-refractivity contribution is -0.178. The molecule has 1 aliphatic heterocycles. The number of nitrogens with zero attached hydrogens (tertiary/aromatic N) is 1. The standard InChI is InChI=1S/C26H37NO5S2/c1-24-7-5-17(28)13-16(24)3-4-18-19-6-8-26(31,25(19,2)14-20(29)22(18)24)21(30)15-34-23(33)27-9-11-32-12-10-27/h13,18-20,22,29,31H,3-12,14-15H2,1-2H3/t18-,19-,20-,22+,24+,25+,26+/m1/s1. The van der Waals surface area contributed by atoms with E-state index in [9.17, 15) is 19.8 Å². The summed E-state index contributed by atoms with van der Waals surface area (Å²) in [6.45, 7) is 7.01. The lowest BCUT2D eigenvalue weighted by Gasteiger charge is -2.60. The maximum absolute atomic E-state index is 13.5. The van der Waals surface area contributed by atoms with Crippen LogP contribution in [0.15, 0.2) is 11.6 Å². The van der Waals surface area contributed by atoms with E-state index in [1.807, 2.05) is 13.0 Å². The number of carbonyl (C=O) groups is 2. The minimum Gasteiger partial charge on any atom is -0.393 e. The highest BCUT2D eigenvalue weighted by atomic mass is 32.2. The molecule has 0 aromatic heterocycles. The van der Waals surface area contributed by atoms with Crippen LogP contribution in [-0.4, -0.2) is 74.8 Å². The van der Waals surface area contributed by atoms with Crippen molar-refractivity contribution < 1.29 is 24.5 Å². The maximum Gasteiger partial charge on any atom is 0.175 e. The molecule has 0 radical (unpaired) electrons. The van der Waals surface area contributed by atoms with Crippen molar-refractivity contribution in [1.82, 2.24) is 4.90 Å². The third kappa shape index (κ3) is 3.74. The number of fused-ring (bicyclic) bond motifs is 5. The number of allylic oxidation sites excluding steroid dienone is 1. The zero-order valence-electron chi connectivity index (χ0n) is 20.3. The Kier molecular flexibility index (Phi) is 6.54. The number of carbonyl (C=O) groups excluding carboxylic acids is 2. The van der Waals surface area contributed by atoms with Crippen molar-refractivity contribution in [3.63, 3.8) is 0 Å². The number of hydrogen-bond acceptors (Lipinski definition) is 7. The van der Waals surface area contributed by atoms with Crippen molar-refractivity contribution in [2.75, 3.05) is 32.1 Å². The maximum atomic E-state index is 13.5. The molecule has 0 spiro atoms. The van der Waals surface area contributed by atoms with Gasteiger partial charge in [-0.2, -0.15) is 0 Å². The number of ketones is 2. The van der Waals surface area contributed by atoms with Gasteiger partial charge in [0.05, 0.1) is 25.1 Å². The molecule has 1 saturated heterocycles. The van der Waals surface area contributed by atoms with E-state index in [4.69, 9.17) is 17.0 Å². The summed E-state index contributed by atoms with van der Waals surface area (Å²) < 4.78 is 6.07. The molecule has 188 valence electrons. The van der Waals surface area contributed by atoms with Crippen LogP contribution in [0.25, 0.3) is 0 Å². The Hall–Kier alpha value is -0.800. The molecule has 2 N–H and O–H groups in total. The number of hydrogen-bond donors (Lipinski definition) is 2. The number of aliphatic hydroxyl groups is 2. The minimum atomic E-state index is -1.43. The summed E-state index contributed by atoms with van der Waals surface area (Å²) in [6, 6.07) is 0. The van der Waals surface area contributed by atoms with Gasteiger partial charge < -0.3 is 19.8 Å². The highest BCUT2D eigenvalue weighted by molar-refractivity contribution is 8.23. The van der Waals surface area contributed by atoms with E-state index in [0.717, 1.165) is 38.8 Å². The number of aliphatic hydroxyl groups excluding tert-OH is 1. The Labute approximate surface area is 211 Å². The van der Waals surface area contributed by atoms with Crippen LogP contribution in [0.2, 0.25) is 0 Å². The summed E-state index contributed by atoms with van der Waals surface area (Å²) in [5.74, 6) is 0.741. The van der Waals surface area contributed by atoms with Gasteiger partial charge in [-0.3, -0.25) is 9.59 Å². The van der Waals surface area contributed by atoms with Gasteiger partial charge >= 0.3 is 0 Å². The predicted molar refractivity (Wildman–Crippen MR) is 136 cm³/mol. The summed E-state index contributed by atoms with van der Waals surface area (Å²) in [4.78, 5) is 27.6. The van der Waals surface area contributed by atoms with Crippen LogP contribution in [0.4, 0.5) is 0 Å². The molecular weight excluding hydrogens is 470 g/mol. The fourth-order valence-electron chi connectivity index (χ4n) is 8.23. The van der Waals surface area contributed by atoms with Crippen LogP contribution in [-0.2, 0) is 14.3 Å². The van der Waals surface area contributed by atoms with E-state index in [2.05, 4.69) is 11.8 Å². The van der Waals surface area contributed by atoms with E-state index >= 15 is 0 Å². The number of ether oxygens (including phenoxy) is 1. The van der Waals surface area contributed by atoms with Crippen LogP contribution in [0, 0.1) is 28.6 Å². The number of morpholine rings is 1. The van der Waals surface area contributed by atoms with Crippen molar-refractivity contribution in [2.45, 2.75) is 70.5 Å². The first kappa shape index (κ1) is 24.9. The summed E-state index contributed by atoms with van der Waals surface area (Å²) in [6.07, 6.45) is 6.05. The van der Waals surface area contributed by atoms with Gasteiger partial charge in [0.15, 0.2) is 11.6 Å². The molecule has 5 rings (SSSR count). The van der Waals surface area contributed by atoms with Gasteiger partial charge in [0.25, 0.3) is 0 Å². The topological polar surface area (TPSA) is 87.1 Å². The van der Waals surface area contributed by atoms with Crippen LogP contribution in [0.1, 0.15) is 58.8 Å². The number of thioether (sulfide) groups is 1. The zero-order chi connectivity index (χ0) is 24.3. The smallest absolute Gasteiger partial charge is 0.175 e. The second-order valence-corrected chi connectivity index (χ2v) is 13.2. The summed E-state index contributed by atoms with van der Waals surface area (Å²) in [7, 11) is 0. The number of thiocarbonyl (C=S) groups is 1. The summed E-state index contributed by atoms with van der Waals surface area (Å²) >= 11 is 6.89. The van der Waals surface area contributed by atoms with Gasteiger partial charge in [-0.05, 0) is 67.8 Å². The van der Waals surface area contributed by atoms with Crippen molar-refractivity contribution in [2.24, 2.45) is 28.6 Å². The SMILES string of the molecule is C[C@]12CCC(=O)C=C1CC[C@H]1[C@H]2[C@H](O)C[C@@]2(C)[C@@H]1CC[C@]2(O)C(=O)CSC(=S)N1CCOCC1. The van der Waals surface area contributed by atoms with E-state index in [1.54, 1.807) is 0 Å². The molecule has 4 aliphatic carbocycles. The van der Waals surface area contributed by atoms with Gasteiger partial charge in [0, 0.05) is 24.9 Å². The molecule has 0 aromatic carbocycles. The third-order valence-corrected chi connectivity index (χ3v) is 11.6. The van der Waals surface area contributed by atoms with E-state index < -0.39 is 17.1 Å². The lowest BCUT2D eigenvalue weighted by Crippen LogP contribution is -2.62.